The lowest BCUT2D eigenvalue weighted by molar-refractivity contribution is -0.577. The van der Waals surface area contributed by atoms with E-state index in [2.05, 4.69) is 18.7 Å². The maximum Gasteiger partial charge on any atom is 0.201 e. The van der Waals surface area contributed by atoms with E-state index in [1.54, 1.807) is 0 Å². The van der Waals surface area contributed by atoms with E-state index in [9.17, 15) is 0 Å². The van der Waals surface area contributed by atoms with Gasteiger partial charge >= 0.3 is 0 Å². The first-order chi connectivity index (χ1) is 13.5. The highest BCUT2D eigenvalue weighted by Crippen LogP contribution is 2.60. The summed E-state index contributed by atoms with van der Waals surface area (Å²) in [7, 11) is 0. The molecule has 2 bridgehead atoms. The predicted octanol–water partition coefficient (Wildman–Crippen LogP) is 2.54. The SMILES string of the molecule is C[C@@H]1CCC2[C@@H](C)[C@@H](OCCN3CCOCC3)OC3OC4(C)CCC1[C@]32OO4. The van der Waals surface area contributed by atoms with Crippen LogP contribution in [0.3, 0.4) is 0 Å². The molecule has 0 amide bonds. The van der Waals surface area contributed by atoms with Crippen molar-refractivity contribution in [3.8, 4) is 0 Å². The molecule has 1 saturated carbocycles. The Balaban J connectivity index is 1.31. The van der Waals surface area contributed by atoms with Crippen molar-refractivity contribution in [1.29, 1.82) is 0 Å². The predicted molar refractivity (Wildman–Crippen MR) is 100 cm³/mol. The molecule has 0 aromatic carbocycles. The Morgan fingerprint density at radius 1 is 1.04 bits per heavy atom. The quantitative estimate of drug-likeness (QED) is 0.676. The first kappa shape index (κ1) is 19.7. The Labute approximate surface area is 167 Å². The van der Waals surface area contributed by atoms with E-state index in [1.807, 2.05) is 6.92 Å². The van der Waals surface area contributed by atoms with E-state index in [1.165, 1.54) is 6.42 Å². The van der Waals surface area contributed by atoms with Crippen molar-refractivity contribution in [3.63, 3.8) is 0 Å². The van der Waals surface area contributed by atoms with Crippen molar-refractivity contribution in [2.24, 2.45) is 23.7 Å². The molecule has 0 aromatic heterocycles. The molecule has 4 unspecified atom stereocenters. The van der Waals surface area contributed by atoms with Crippen LogP contribution in [0.2, 0.25) is 0 Å². The van der Waals surface area contributed by atoms with E-state index in [4.69, 9.17) is 28.7 Å². The Morgan fingerprint density at radius 2 is 1.86 bits per heavy atom. The summed E-state index contributed by atoms with van der Waals surface area (Å²) in [5, 5.41) is 0. The van der Waals surface area contributed by atoms with Crippen LogP contribution in [0.15, 0.2) is 0 Å². The first-order valence-electron chi connectivity index (χ1n) is 11.1. The Kier molecular flexibility index (Phi) is 5.23. The lowest BCUT2D eigenvalue weighted by Crippen LogP contribution is -2.70. The molecule has 6 rings (SSSR count). The van der Waals surface area contributed by atoms with E-state index >= 15 is 0 Å². The standard InChI is InChI=1S/C21H35NO6/c1-14-4-5-17-15(2)18(24-13-10-22-8-11-23-12-9-22)25-19-21(17)16(14)6-7-20(3,26-19)27-28-21/h14-19H,4-13H2,1-3H3/t14-,15-,16?,17?,18+,19?,20?,21-/m1/s1. The number of nitrogens with zero attached hydrogens (tertiary/aromatic N) is 1. The van der Waals surface area contributed by atoms with Gasteiger partial charge in [0.25, 0.3) is 0 Å². The van der Waals surface area contributed by atoms with Crippen molar-refractivity contribution in [2.45, 2.75) is 70.4 Å². The van der Waals surface area contributed by atoms with Crippen LogP contribution in [0.4, 0.5) is 0 Å². The van der Waals surface area contributed by atoms with Crippen molar-refractivity contribution < 1.29 is 28.7 Å². The topological polar surface area (TPSA) is 58.6 Å². The largest absolute Gasteiger partial charge is 0.379 e. The summed E-state index contributed by atoms with van der Waals surface area (Å²) >= 11 is 0. The van der Waals surface area contributed by atoms with Gasteiger partial charge in [0.2, 0.25) is 5.79 Å². The molecule has 0 aromatic rings. The number of rotatable bonds is 4. The smallest absolute Gasteiger partial charge is 0.201 e. The van der Waals surface area contributed by atoms with Crippen molar-refractivity contribution >= 4 is 0 Å². The molecule has 7 nitrogen and oxygen atoms in total. The summed E-state index contributed by atoms with van der Waals surface area (Å²) in [5.74, 6) is 0.823. The van der Waals surface area contributed by atoms with Gasteiger partial charge in [-0.25, -0.2) is 9.78 Å². The summed E-state index contributed by atoms with van der Waals surface area (Å²) in [5.41, 5.74) is -0.503. The van der Waals surface area contributed by atoms with Crippen molar-refractivity contribution in [1.82, 2.24) is 4.90 Å². The third kappa shape index (κ3) is 3.14. The monoisotopic (exact) mass is 397 g/mol. The molecule has 0 radical (unpaired) electrons. The van der Waals surface area contributed by atoms with E-state index < -0.39 is 17.7 Å². The molecule has 6 fully saturated rings. The fourth-order valence-electron chi connectivity index (χ4n) is 6.19. The minimum atomic E-state index is -0.726. The molecule has 8 atom stereocenters. The lowest BCUT2D eigenvalue weighted by Gasteiger charge is -2.60. The van der Waals surface area contributed by atoms with E-state index in [0.29, 0.717) is 24.4 Å². The van der Waals surface area contributed by atoms with Gasteiger partial charge in [-0.2, -0.15) is 0 Å². The minimum Gasteiger partial charge on any atom is -0.379 e. The molecular weight excluding hydrogens is 362 g/mol. The van der Waals surface area contributed by atoms with Gasteiger partial charge in [-0.15, -0.1) is 0 Å². The van der Waals surface area contributed by atoms with Gasteiger partial charge in [-0.3, -0.25) is 4.90 Å². The van der Waals surface area contributed by atoms with Crippen LogP contribution in [0.5, 0.6) is 0 Å². The molecule has 6 aliphatic rings. The molecule has 7 heteroatoms. The van der Waals surface area contributed by atoms with Crippen LogP contribution in [-0.4, -0.2) is 68.3 Å². The van der Waals surface area contributed by atoms with Crippen LogP contribution in [0.1, 0.15) is 46.5 Å². The van der Waals surface area contributed by atoms with Crippen LogP contribution in [-0.2, 0) is 28.7 Å². The highest BCUT2D eigenvalue weighted by Gasteiger charge is 2.69. The van der Waals surface area contributed by atoms with Crippen LogP contribution < -0.4 is 0 Å². The second kappa shape index (κ2) is 7.45. The van der Waals surface area contributed by atoms with Gasteiger partial charge in [0.15, 0.2) is 18.2 Å². The summed E-state index contributed by atoms with van der Waals surface area (Å²) in [6, 6.07) is 0. The fraction of sp³-hybridized carbons (Fsp3) is 1.00. The number of ether oxygens (including phenoxy) is 4. The van der Waals surface area contributed by atoms with Gasteiger partial charge in [0.05, 0.1) is 19.8 Å². The van der Waals surface area contributed by atoms with Gasteiger partial charge in [-0.1, -0.05) is 13.8 Å². The van der Waals surface area contributed by atoms with Crippen LogP contribution >= 0.6 is 0 Å². The molecule has 5 saturated heterocycles. The van der Waals surface area contributed by atoms with Crippen LogP contribution in [0.25, 0.3) is 0 Å². The minimum absolute atomic E-state index is 0.241. The molecule has 1 spiro atoms. The zero-order valence-corrected chi connectivity index (χ0v) is 17.4. The van der Waals surface area contributed by atoms with Gasteiger partial charge in [0, 0.05) is 37.9 Å². The molecule has 28 heavy (non-hydrogen) atoms. The van der Waals surface area contributed by atoms with Crippen LogP contribution in [0, 0.1) is 23.7 Å². The molecule has 1 aliphatic carbocycles. The highest BCUT2D eigenvalue weighted by molar-refractivity contribution is 5.09. The maximum atomic E-state index is 6.45. The molecule has 0 N–H and O–H groups in total. The third-order valence-electron chi connectivity index (χ3n) is 7.89. The Bertz CT molecular complexity index is 571. The van der Waals surface area contributed by atoms with Gasteiger partial charge in [-0.05, 0) is 38.0 Å². The van der Waals surface area contributed by atoms with E-state index in [0.717, 1.165) is 52.1 Å². The van der Waals surface area contributed by atoms with Gasteiger partial charge < -0.3 is 18.9 Å². The lowest BCUT2D eigenvalue weighted by atomic mass is 9.58. The first-order valence-corrected chi connectivity index (χ1v) is 11.1. The number of morpholine rings is 1. The van der Waals surface area contributed by atoms with E-state index in [-0.39, 0.29) is 12.2 Å². The van der Waals surface area contributed by atoms with Crippen molar-refractivity contribution in [2.75, 3.05) is 39.5 Å². The normalized spacial score (nSPS) is 51.5. The zero-order valence-electron chi connectivity index (χ0n) is 17.4. The second-order valence-corrected chi connectivity index (χ2v) is 9.60. The zero-order chi connectivity index (χ0) is 19.4. The summed E-state index contributed by atoms with van der Waals surface area (Å²) in [6.07, 6.45) is 3.54. The molecule has 5 heterocycles. The summed E-state index contributed by atoms with van der Waals surface area (Å²) in [4.78, 5) is 14.4. The third-order valence-corrected chi connectivity index (χ3v) is 7.89. The van der Waals surface area contributed by atoms with Crippen molar-refractivity contribution in [3.05, 3.63) is 0 Å². The number of fused-ring (bicyclic) bond motifs is 2. The highest BCUT2D eigenvalue weighted by atomic mass is 17.3. The van der Waals surface area contributed by atoms with Gasteiger partial charge in [0.1, 0.15) is 0 Å². The summed E-state index contributed by atoms with van der Waals surface area (Å²) < 4.78 is 24.5. The number of hydrogen-bond acceptors (Lipinski definition) is 7. The summed E-state index contributed by atoms with van der Waals surface area (Å²) in [6.45, 7) is 11.7. The molecular formula is C21H35NO6. The fourth-order valence-corrected chi connectivity index (χ4v) is 6.19. The second-order valence-electron chi connectivity index (χ2n) is 9.60. The molecule has 5 aliphatic heterocycles. The Morgan fingerprint density at radius 3 is 2.68 bits per heavy atom. The average molecular weight is 398 g/mol. The Hall–Kier alpha value is -0.280. The molecule has 160 valence electrons. The average Bonchev–Trinajstić information content (AvgIpc) is 2.92. The maximum absolute atomic E-state index is 6.45. The number of hydrogen-bond donors (Lipinski definition) is 0.